The molecule has 0 aliphatic heterocycles. The maximum absolute atomic E-state index is 14.5. The van der Waals surface area contributed by atoms with Gasteiger partial charge in [0.25, 0.3) is 5.91 Å². The SMILES string of the molecule is O=C(N[C@@H](c1ccc(C(F)(F)F)cc1)c1ncccc1F)c1ccc2[nH]c(=O)ccc2c1. The number of nitrogens with one attached hydrogen (secondary N) is 2. The predicted octanol–water partition coefficient (Wildman–Crippen LogP) is 4.60. The van der Waals surface area contributed by atoms with Gasteiger partial charge in [0.05, 0.1) is 11.6 Å². The van der Waals surface area contributed by atoms with E-state index in [1.165, 1.54) is 36.5 Å². The van der Waals surface area contributed by atoms with Crippen molar-refractivity contribution in [1.29, 1.82) is 0 Å². The van der Waals surface area contributed by atoms with Crippen molar-refractivity contribution in [3.05, 3.63) is 111 Å². The Morgan fingerprint density at radius 2 is 1.75 bits per heavy atom. The predicted molar refractivity (Wildman–Crippen MR) is 110 cm³/mol. The van der Waals surface area contributed by atoms with Crippen molar-refractivity contribution in [2.45, 2.75) is 12.2 Å². The first-order valence-corrected chi connectivity index (χ1v) is 9.44. The highest BCUT2D eigenvalue weighted by Crippen LogP contribution is 2.31. The van der Waals surface area contributed by atoms with E-state index in [4.69, 9.17) is 0 Å². The van der Waals surface area contributed by atoms with Crippen LogP contribution in [-0.2, 0) is 6.18 Å². The van der Waals surface area contributed by atoms with Gasteiger partial charge in [0, 0.05) is 23.3 Å². The third-order valence-corrected chi connectivity index (χ3v) is 4.89. The molecule has 0 saturated carbocycles. The number of carbonyl (C=O) groups is 1. The molecule has 2 aromatic heterocycles. The van der Waals surface area contributed by atoms with Gasteiger partial charge in [-0.05, 0) is 59.5 Å². The minimum Gasteiger partial charge on any atom is -0.339 e. The number of amides is 1. The van der Waals surface area contributed by atoms with Crippen LogP contribution in [-0.4, -0.2) is 15.9 Å². The van der Waals surface area contributed by atoms with E-state index in [0.717, 1.165) is 18.2 Å². The second-order valence-corrected chi connectivity index (χ2v) is 7.02. The highest BCUT2D eigenvalue weighted by molar-refractivity contribution is 5.98. The van der Waals surface area contributed by atoms with E-state index in [-0.39, 0.29) is 22.4 Å². The monoisotopic (exact) mass is 441 g/mol. The minimum atomic E-state index is -4.53. The van der Waals surface area contributed by atoms with Gasteiger partial charge >= 0.3 is 6.18 Å². The number of hydrogen-bond donors (Lipinski definition) is 2. The van der Waals surface area contributed by atoms with Crippen LogP contribution in [0.3, 0.4) is 0 Å². The normalized spacial score (nSPS) is 12.5. The number of aromatic nitrogens is 2. The Hall–Kier alpha value is -4.01. The summed E-state index contributed by atoms with van der Waals surface area (Å²) in [7, 11) is 0. The zero-order valence-corrected chi connectivity index (χ0v) is 16.3. The number of nitrogens with zero attached hydrogens (tertiary/aromatic N) is 1. The quantitative estimate of drug-likeness (QED) is 0.455. The molecule has 9 heteroatoms. The molecule has 1 amide bonds. The minimum absolute atomic E-state index is 0.134. The number of hydrogen-bond acceptors (Lipinski definition) is 3. The summed E-state index contributed by atoms with van der Waals surface area (Å²) in [4.78, 5) is 31.0. The van der Waals surface area contributed by atoms with E-state index in [1.54, 1.807) is 18.2 Å². The average Bonchev–Trinajstić information content (AvgIpc) is 2.77. The third-order valence-electron chi connectivity index (χ3n) is 4.89. The van der Waals surface area contributed by atoms with Gasteiger partial charge in [0.15, 0.2) is 0 Å². The number of H-pyrrole nitrogens is 1. The number of aromatic amines is 1. The smallest absolute Gasteiger partial charge is 0.339 e. The van der Waals surface area contributed by atoms with Crippen molar-refractivity contribution in [2.75, 3.05) is 0 Å². The summed E-state index contributed by atoms with van der Waals surface area (Å²) in [6, 6.07) is 12.9. The fourth-order valence-electron chi connectivity index (χ4n) is 3.29. The molecule has 5 nitrogen and oxygen atoms in total. The van der Waals surface area contributed by atoms with Gasteiger partial charge in [-0.2, -0.15) is 13.2 Å². The molecule has 32 heavy (non-hydrogen) atoms. The highest BCUT2D eigenvalue weighted by Gasteiger charge is 2.31. The van der Waals surface area contributed by atoms with Crippen LogP contribution in [0, 0.1) is 5.82 Å². The van der Waals surface area contributed by atoms with Crippen LogP contribution < -0.4 is 10.9 Å². The molecule has 0 bridgehead atoms. The molecule has 0 spiro atoms. The van der Waals surface area contributed by atoms with Gasteiger partial charge in [0.1, 0.15) is 11.5 Å². The third kappa shape index (κ3) is 4.36. The molecule has 2 heterocycles. The van der Waals surface area contributed by atoms with Gasteiger partial charge in [-0.25, -0.2) is 4.39 Å². The second-order valence-electron chi connectivity index (χ2n) is 7.02. The first kappa shape index (κ1) is 21.2. The molecular formula is C23H15F4N3O2. The number of rotatable bonds is 4. The first-order valence-electron chi connectivity index (χ1n) is 9.44. The molecule has 4 aromatic rings. The van der Waals surface area contributed by atoms with Crippen LogP contribution in [0.1, 0.15) is 33.2 Å². The fourth-order valence-corrected chi connectivity index (χ4v) is 3.29. The lowest BCUT2D eigenvalue weighted by Gasteiger charge is -2.20. The lowest BCUT2D eigenvalue weighted by Crippen LogP contribution is -2.30. The van der Waals surface area contributed by atoms with Gasteiger partial charge in [-0.1, -0.05) is 12.1 Å². The Balaban J connectivity index is 1.71. The zero-order valence-electron chi connectivity index (χ0n) is 16.3. The standard InChI is InChI=1S/C23H15F4N3O2/c24-17-2-1-11-28-21(17)20(13-3-7-16(8-4-13)23(25,26)27)30-22(32)15-5-9-18-14(12-15)6-10-19(31)29-18/h1-12,20H,(H,29,31)(H,30,32)/t20-/m0/s1. The Labute approximate surface area is 178 Å². The highest BCUT2D eigenvalue weighted by atomic mass is 19.4. The number of halogens is 4. The molecule has 0 saturated heterocycles. The molecule has 4 rings (SSSR count). The number of fused-ring (bicyclic) bond motifs is 1. The van der Waals surface area contributed by atoms with Crippen molar-refractivity contribution in [2.24, 2.45) is 0 Å². The van der Waals surface area contributed by atoms with E-state index in [1.807, 2.05) is 0 Å². The maximum Gasteiger partial charge on any atom is 0.416 e. The lowest BCUT2D eigenvalue weighted by molar-refractivity contribution is -0.137. The molecule has 1 atom stereocenters. The number of alkyl halides is 3. The van der Waals surface area contributed by atoms with E-state index in [2.05, 4.69) is 15.3 Å². The Morgan fingerprint density at radius 1 is 1.00 bits per heavy atom. The van der Waals surface area contributed by atoms with Crippen LogP contribution in [0.4, 0.5) is 17.6 Å². The average molecular weight is 441 g/mol. The van der Waals surface area contributed by atoms with Crippen LogP contribution in [0.15, 0.2) is 77.7 Å². The molecule has 0 aliphatic rings. The van der Waals surface area contributed by atoms with Crippen molar-refractivity contribution in [3.63, 3.8) is 0 Å². The molecule has 0 fully saturated rings. The van der Waals surface area contributed by atoms with E-state index < -0.39 is 29.5 Å². The summed E-state index contributed by atoms with van der Waals surface area (Å²) in [5.41, 5.74) is -0.305. The van der Waals surface area contributed by atoms with Crippen molar-refractivity contribution < 1.29 is 22.4 Å². The Bertz CT molecular complexity index is 1350. The van der Waals surface area contributed by atoms with Crippen LogP contribution in [0.2, 0.25) is 0 Å². The Kier molecular flexibility index (Phi) is 5.48. The molecule has 0 unspecified atom stereocenters. The summed E-state index contributed by atoms with van der Waals surface area (Å²) < 4.78 is 53.2. The van der Waals surface area contributed by atoms with Crippen molar-refractivity contribution in [1.82, 2.24) is 15.3 Å². The van der Waals surface area contributed by atoms with Crippen molar-refractivity contribution in [3.8, 4) is 0 Å². The molecule has 0 radical (unpaired) electrons. The topological polar surface area (TPSA) is 74.8 Å². The van der Waals surface area contributed by atoms with Gasteiger partial charge in [0.2, 0.25) is 5.56 Å². The molecule has 162 valence electrons. The first-order chi connectivity index (χ1) is 15.2. The second kappa shape index (κ2) is 8.26. The van der Waals surface area contributed by atoms with Crippen molar-refractivity contribution >= 4 is 16.8 Å². The van der Waals surface area contributed by atoms with Crippen LogP contribution >= 0.6 is 0 Å². The van der Waals surface area contributed by atoms with Gasteiger partial charge in [-0.15, -0.1) is 0 Å². The lowest BCUT2D eigenvalue weighted by atomic mass is 10.00. The van der Waals surface area contributed by atoms with Crippen LogP contribution in [0.5, 0.6) is 0 Å². The summed E-state index contributed by atoms with van der Waals surface area (Å²) in [6.45, 7) is 0. The fraction of sp³-hybridized carbons (Fsp3) is 0.0870. The summed E-state index contributed by atoms with van der Waals surface area (Å²) >= 11 is 0. The number of pyridine rings is 2. The molecule has 2 aromatic carbocycles. The molecule has 2 N–H and O–H groups in total. The van der Waals surface area contributed by atoms with E-state index >= 15 is 0 Å². The van der Waals surface area contributed by atoms with Gasteiger partial charge < -0.3 is 10.3 Å². The van der Waals surface area contributed by atoms with Crippen LogP contribution in [0.25, 0.3) is 10.9 Å². The number of benzene rings is 2. The Morgan fingerprint density at radius 3 is 2.44 bits per heavy atom. The van der Waals surface area contributed by atoms with E-state index in [9.17, 15) is 27.2 Å². The molecular weight excluding hydrogens is 426 g/mol. The maximum atomic E-state index is 14.5. The summed E-state index contributed by atoms with van der Waals surface area (Å²) in [6.07, 6.45) is -3.20. The van der Waals surface area contributed by atoms with E-state index in [0.29, 0.717) is 10.9 Å². The molecule has 0 aliphatic carbocycles. The largest absolute Gasteiger partial charge is 0.416 e. The summed E-state index contributed by atoms with van der Waals surface area (Å²) in [5, 5.41) is 3.25. The summed E-state index contributed by atoms with van der Waals surface area (Å²) in [5.74, 6) is -1.30. The zero-order chi connectivity index (χ0) is 22.9. The van der Waals surface area contributed by atoms with Gasteiger partial charge in [-0.3, -0.25) is 14.6 Å². The number of carbonyl (C=O) groups excluding carboxylic acids is 1.